The van der Waals surface area contributed by atoms with Crippen LogP contribution in [0.25, 0.3) is 0 Å². The molecule has 0 aliphatic carbocycles. The van der Waals surface area contributed by atoms with Crippen molar-refractivity contribution in [3.63, 3.8) is 0 Å². The highest BCUT2D eigenvalue weighted by Crippen LogP contribution is 2.41. The van der Waals surface area contributed by atoms with Crippen LogP contribution in [0.4, 0.5) is 0 Å². The molecule has 1 nitrogen and oxygen atoms in total. The molecule has 0 N–H and O–H groups in total. The highest BCUT2D eigenvalue weighted by atomic mass is 32.2. The van der Waals surface area contributed by atoms with Crippen molar-refractivity contribution in [2.45, 2.75) is 9.48 Å². The molecule has 16 heavy (non-hydrogen) atoms. The van der Waals surface area contributed by atoms with Crippen LogP contribution in [0.15, 0.2) is 59.8 Å². The Labute approximate surface area is 105 Å². The fourth-order valence-corrected chi connectivity index (χ4v) is 3.36. The summed E-state index contributed by atoms with van der Waals surface area (Å²) in [5, 5.41) is 0. The molecule has 1 unspecified atom stereocenters. The molecule has 0 radical (unpaired) electrons. The van der Waals surface area contributed by atoms with Crippen LogP contribution in [0, 0.1) is 0 Å². The van der Waals surface area contributed by atoms with Crippen LogP contribution in [-0.4, -0.2) is 11.2 Å². The molecule has 2 rings (SSSR count). The van der Waals surface area contributed by atoms with E-state index in [9.17, 15) is 0 Å². The van der Waals surface area contributed by atoms with E-state index < -0.39 is 0 Å². The third kappa shape index (κ3) is 3.03. The van der Waals surface area contributed by atoms with Gasteiger partial charge in [-0.05, 0) is 30.0 Å². The molecule has 1 heterocycles. The molecule has 3 heteroatoms. The molecule has 0 spiro atoms. The molecule has 0 saturated heterocycles. The van der Waals surface area contributed by atoms with Crippen molar-refractivity contribution in [2.24, 2.45) is 0 Å². The third-order valence-electron chi connectivity index (χ3n) is 2.16. The predicted molar refractivity (Wildman–Crippen MR) is 72.8 cm³/mol. The SMILES string of the molecule is CSC(Sc1ccccc1)c1cccnc1. The van der Waals surface area contributed by atoms with E-state index >= 15 is 0 Å². The number of nitrogens with zero attached hydrogens (tertiary/aromatic N) is 1. The number of pyridine rings is 1. The van der Waals surface area contributed by atoms with Gasteiger partial charge in [0, 0.05) is 17.3 Å². The van der Waals surface area contributed by atoms with Crippen LogP contribution >= 0.6 is 23.5 Å². The minimum atomic E-state index is 0.413. The van der Waals surface area contributed by atoms with Crippen LogP contribution < -0.4 is 0 Å². The van der Waals surface area contributed by atoms with Gasteiger partial charge in [-0.2, -0.15) is 0 Å². The molecule has 0 saturated carbocycles. The number of thioether (sulfide) groups is 2. The average molecular weight is 247 g/mol. The number of aromatic nitrogens is 1. The summed E-state index contributed by atoms with van der Waals surface area (Å²) in [7, 11) is 0. The summed E-state index contributed by atoms with van der Waals surface area (Å²) >= 11 is 3.71. The predicted octanol–water partition coefficient (Wildman–Crippen LogP) is 4.24. The van der Waals surface area contributed by atoms with E-state index in [-0.39, 0.29) is 0 Å². The molecule has 0 amide bonds. The van der Waals surface area contributed by atoms with Gasteiger partial charge in [0.25, 0.3) is 0 Å². The number of hydrogen-bond acceptors (Lipinski definition) is 3. The van der Waals surface area contributed by atoms with Gasteiger partial charge in [-0.15, -0.1) is 23.5 Å². The van der Waals surface area contributed by atoms with Crippen LogP contribution in [0.3, 0.4) is 0 Å². The lowest BCUT2D eigenvalue weighted by atomic mass is 10.3. The van der Waals surface area contributed by atoms with E-state index in [4.69, 9.17) is 0 Å². The van der Waals surface area contributed by atoms with Crippen molar-refractivity contribution >= 4 is 23.5 Å². The Morgan fingerprint density at radius 1 is 1.06 bits per heavy atom. The molecular formula is C13H13NS2. The highest BCUT2D eigenvalue weighted by Gasteiger charge is 2.11. The first kappa shape index (κ1) is 11.6. The molecule has 0 aliphatic heterocycles. The Kier molecular flexibility index (Phi) is 4.31. The van der Waals surface area contributed by atoms with Gasteiger partial charge in [0.1, 0.15) is 0 Å². The normalized spacial score (nSPS) is 12.3. The summed E-state index contributed by atoms with van der Waals surface area (Å²) in [6.07, 6.45) is 5.89. The molecule has 2 aromatic rings. The van der Waals surface area contributed by atoms with Crippen LogP contribution in [0.5, 0.6) is 0 Å². The van der Waals surface area contributed by atoms with E-state index in [2.05, 4.69) is 41.6 Å². The number of rotatable bonds is 4. The first-order chi connectivity index (χ1) is 7.90. The molecule has 1 aromatic heterocycles. The fraction of sp³-hybridized carbons (Fsp3) is 0.154. The van der Waals surface area contributed by atoms with Crippen LogP contribution in [-0.2, 0) is 0 Å². The third-order valence-corrected chi connectivity index (χ3v) is 4.75. The Bertz CT molecular complexity index is 416. The molecule has 1 atom stereocenters. The van der Waals surface area contributed by atoms with E-state index in [0.29, 0.717) is 4.58 Å². The standard InChI is InChI=1S/C13H13NS2/c1-15-13(11-6-5-9-14-10-11)16-12-7-3-2-4-8-12/h2-10,13H,1H3. The van der Waals surface area contributed by atoms with E-state index in [1.165, 1.54) is 10.5 Å². The maximum Gasteiger partial charge on any atom is 0.0810 e. The van der Waals surface area contributed by atoms with Gasteiger partial charge in [-0.3, -0.25) is 4.98 Å². The summed E-state index contributed by atoms with van der Waals surface area (Å²) in [5.74, 6) is 0. The summed E-state index contributed by atoms with van der Waals surface area (Å²) in [6.45, 7) is 0. The maximum absolute atomic E-state index is 4.17. The minimum absolute atomic E-state index is 0.413. The lowest BCUT2D eigenvalue weighted by Crippen LogP contribution is -1.89. The lowest BCUT2D eigenvalue weighted by molar-refractivity contribution is 1.24. The first-order valence-electron chi connectivity index (χ1n) is 5.04. The van der Waals surface area contributed by atoms with Crippen molar-refractivity contribution < 1.29 is 0 Å². The van der Waals surface area contributed by atoms with Gasteiger partial charge >= 0.3 is 0 Å². The quantitative estimate of drug-likeness (QED) is 0.592. The van der Waals surface area contributed by atoms with Gasteiger partial charge in [0.2, 0.25) is 0 Å². The molecule has 0 aliphatic rings. The second-order valence-corrected chi connectivity index (χ2v) is 5.70. The zero-order valence-electron chi connectivity index (χ0n) is 9.04. The summed E-state index contributed by atoms with van der Waals surface area (Å²) in [5.41, 5.74) is 1.27. The second kappa shape index (κ2) is 5.97. The zero-order chi connectivity index (χ0) is 11.2. The first-order valence-corrected chi connectivity index (χ1v) is 7.21. The second-order valence-electron chi connectivity index (χ2n) is 3.28. The van der Waals surface area contributed by atoms with Crippen LogP contribution in [0.1, 0.15) is 10.1 Å². The van der Waals surface area contributed by atoms with Crippen LogP contribution in [0.2, 0.25) is 0 Å². The van der Waals surface area contributed by atoms with Crippen molar-refractivity contribution in [3.8, 4) is 0 Å². The van der Waals surface area contributed by atoms with E-state index in [0.717, 1.165) is 0 Å². The summed E-state index contributed by atoms with van der Waals surface area (Å²) in [6, 6.07) is 14.6. The van der Waals surface area contributed by atoms with Crippen molar-refractivity contribution in [1.82, 2.24) is 4.98 Å². The van der Waals surface area contributed by atoms with Gasteiger partial charge in [-0.1, -0.05) is 24.3 Å². The average Bonchev–Trinajstić information content (AvgIpc) is 2.38. The monoisotopic (exact) mass is 247 g/mol. The molecule has 1 aromatic carbocycles. The molecular weight excluding hydrogens is 234 g/mol. The maximum atomic E-state index is 4.17. The van der Waals surface area contributed by atoms with Gasteiger partial charge < -0.3 is 0 Å². The van der Waals surface area contributed by atoms with E-state index in [1.54, 1.807) is 0 Å². The Hall–Kier alpha value is -0.930. The zero-order valence-corrected chi connectivity index (χ0v) is 10.7. The van der Waals surface area contributed by atoms with E-state index in [1.807, 2.05) is 48.1 Å². The lowest BCUT2D eigenvalue weighted by Gasteiger charge is -2.13. The molecule has 0 fully saturated rings. The Balaban J connectivity index is 2.13. The van der Waals surface area contributed by atoms with Crippen molar-refractivity contribution in [2.75, 3.05) is 6.26 Å². The van der Waals surface area contributed by atoms with Crippen molar-refractivity contribution in [3.05, 3.63) is 60.4 Å². The number of benzene rings is 1. The Morgan fingerprint density at radius 3 is 2.50 bits per heavy atom. The largest absolute Gasteiger partial charge is 0.264 e. The summed E-state index contributed by atoms with van der Waals surface area (Å²) in [4.78, 5) is 5.47. The number of hydrogen-bond donors (Lipinski definition) is 0. The smallest absolute Gasteiger partial charge is 0.0810 e. The van der Waals surface area contributed by atoms with Gasteiger partial charge in [0.15, 0.2) is 0 Å². The van der Waals surface area contributed by atoms with Gasteiger partial charge in [0.05, 0.1) is 4.58 Å². The minimum Gasteiger partial charge on any atom is -0.264 e. The van der Waals surface area contributed by atoms with Crippen molar-refractivity contribution in [1.29, 1.82) is 0 Å². The fourth-order valence-electron chi connectivity index (χ4n) is 1.39. The van der Waals surface area contributed by atoms with Gasteiger partial charge in [-0.25, -0.2) is 0 Å². The molecule has 82 valence electrons. The highest BCUT2D eigenvalue weighted by molar-refractivity contribution is 8.16. The Morgan fingerprint density at radius 2 is 1.88 bits per heavy atom. The topological polar surface area (TPSA) is 12.9 Å². The summed E-state index contributed by atoms with van der Waals surface area (Å²) < 4.78 is 0.413. The molecule has 0 bridgehead atoms.